The minimum atomic E-state index is -0.0811. The Balaban J connectivity index is 2.30. The predicted octanol–water partition coefficient (Wildman–Crippen LogP) is 2.30. The van der Waals surface area contributed by atoms with Crippen LogP contribution >= 0.6 is 0 Å². The Kier molecular flexibility index (Phi) is 3.32. The van der Waals surface area contributed by atoms with Crippen molar-refractivity contribution in [2.24, 2.45) is 0 Å². The van der Waals surface area contributed by atoms with Crippen LogP contribution in [0.5, 0.6) is 11.5 Å². The standard InChI is InChI=1S/C13H15NO3/c1-3-4-11(14-9(2)15)10-5-6-12-13(7-10)17-8-16-12/h4-7H,3,8H2,1-2H3,(H,14,15). The van der Waals surface area contributed by atoms with Crippen molar-refractivity contribution in [1.29, 1.82) is 0 Å². The Labute approximate surface area is 100 Å². The molecule has 0 saturated heterocycles. The van der Waals surface area contributed by atoms with Crippen LogP contribution in [0.3, 0.4) is 0 Å². The molecule has 90 valence electrons. The number of hydrogen-bond donors (Lipinski definition) is 1. The molecule has 0 saturated carbocycles. The Morgan fingerprint density at radius 3 is 2.88 bits per heavy atom. The quantitative estimate of drug-likeness (QED) is 0.871. The van der Waals surface area contributed by atoms with Gasteiger partial charge in [0.05, 0.1) is 0 Å². The first-order valence-corrected chi connectivity index (χ1v) is 5.58. The summed E-state index contributed by atoms with van der Waals surface area (Å²) in [6.07, 6.45) is 2.82. The monoisotopic (exact) mass is 233 g/mol. The minimum absolute atomic E-state index is 0.0811. The number of rotatable bonds is 3. The van der Waals surface area contributed by atoms with E-state index in [1.165, 1.54) is 6.92 Å². The lowest BCUT2D eigenvalue weighted by Crippen LogP contribution is -2.18. The van der Waals surface area contributed by atoms with Crippen LogP contribution in [-0.2, 0) is 4.79 Å². The second kappa shape index (κ2) is 4.91. The highest BCUT2D eigenvalue weighted by molar-refractivity contribution is 5.85. The van der Waals surface area contributed by atoms with Gasteiger partial charge >= 0.3 is 0 Å². The molecular weight excluding hydrogens is 218 g/mol. The minimum Gasteiger partial charge on any atom is -0.454 e. The second-order valence-electron chi connectivity index (χ2n) is 3.78. The Bertz CT molecular complexity index is 466. The van der Waals surface area contributed by atoms with Crippen LogP contribution in [0, 0.1) is 0 Å². The van der Waals surface area contributed by atoms with Crippen LogP contribution in [0.15, 0.2) is 24.3 Å². The van der Waals surface area contributed by atoms with E-state index >= 15 is 0 Å². The van der Waals surface area contributed by atoms with Gasteiger partial charge in [0.1, 0.15) is 0 Å². The fourth-order valence-electron chi connectivity index (χ4n) is 1.70. The van der Waals surface area contributed by atoms with Gasteiger partial charge < -0.3 is 14.8 Å². The van der Waals surface area contributed by atoms with Crippen molar-refractivity contribution < 1.29 is 14.3 Å². The summed E-state index contributed by atoms with van der Waals surface area (Å²) >= 11 is 0. The fourth-order valence-corrected chi connectivity index (χ4v) is 1.70. The molecule has 2 rings (SSSR count). The average molecular weight is 233 g/mol. The Morgan fingerprint density at radius 2 is 2.18 bits per heavy atom. The predicted molar refractivity (Wildman–Crippen MR) is 64.6 cm³/mol. The lowest BCUT2D eigenvalue weighted by Gasteiger charge is -2.09. The van der Waals surface area contributed by atoms with Gasteiger partial charge in [-0.15, -0.1) is 0 Å². The third-order valence-corrected chi connectivity index (χ3v) is 2.40. The lowest BCUT2D eigenvalue weighted by molar-refractivity contribution is -0.117. The summed E-state index contributed by atoms with van der Waals surface area (Å²) in [6, 6.07) is 5.63. The largest absolute Gasteiger partial charge is 0.454 e. The molecule has 1 aromatic rings. The number of hydrogen-bond acceptors (Lipinski definition) is 3. The highest BCUT2D eigenvalue weighted by atomic mass is 16.7. The van der Waals surface area contributed by atoms with Gasteiger partial charge in [0, 0.05) is 18.2 Å². The molecular formula is C13H15NO3. The number of allylic oxidation sites excluding steroid dienone is 1. The Hall–Kier alpha value is -1.97. The number of carbonyl (C=O) groups excluding carboxylic acids is 1. The normalized spacial score (nSPS) is 13.6. The van der Waals surface area contributed by atoms with Crippen molar-refractivity contribution in [3.8, 4) is 11.5 Å². The van der Waals surface area contributed by atoms with E-state index < -0.39 is 0 Å². The zero-order chi connectivity index (χ0) is 12.3. The van der Waals surface area contributed by atoms with Crippen molar-refractivity contribution in [2.45, 2.75) is 20.3 Å². The fraction of sp³-hybridized carbons (Fsp3) is 0.308. The van der Waals surface area contributed by atoms with Crippen molar-refractivity contribution in [3.05, 3.63) is 29.8 Å². The van der Waals surface area contributed by atoms with Gasteiger partial charge in [0.2, 0.25) is 12.7 Å². The number of fused-ring (bicyclic) bond motifs is 1. The molecule has 1 amide bonds. The van der Waals surface area contributed by atoms with Gasteiger partial charge in [-0.25, -0.2) is 0 Å². The smallest absolute Gasteiger partial charge is 0.231 e. The first kappa shape index (κ1) is 11.5. The van der Waals surface area contributed by atoms with Crippen LogP contribution in [-0.4, -0.2) is 12.7 Å². The van der Waals surface area contributed by atoms with Gasteiger partial charge in [0.25, 0.3) is 0 Å². The molecule has 0 unspecified atom stereocenters. The van der Waals surface area contributed by atoms with Crippen molar-refractivity contribution >= 4 is 11.6 Å². The molecule has 0 bridgehead atoms. The molecule has 1 N–H and O–H groups in total. The second-order valence-corrected chi connectivity index (χ2v) is 3.78. The molecule has 1 aliphatic rings. The first-order chi connectivity index (χ1) is 8.20. The van der Waals surface area contributed by atoms with E-state index in [0.717, 1.165) is 29.2 Å². The molecule has 17 heavy (non-hydrogen) atoms. The molecule has 0 radical (unpaired) electrons. The summed E-state index contributed by atoms with van der Waals surface area (Å²) in [4.78, 5) is 11.1. The number of benzene rings is 1. The zero-order valence-electron chi connectivity index (χ0n) is 9.95. The van der Waals surface area contributed by atoms with E-state index in [9.17, 15) is 4.79 Å². The molecule has 0 aromatic heterocycles. The van der Waals surface area contributed by atoms with E-state index in [2.05, 4.69) is 5.32 Å². The Morgan fingerprint density at radius 1 is 1.41 bits per heavy atom. The van der Waals surface area contributed by atoms with Gasteiger partial charge in [-0.3, -0.25) is 4.79 Å². The molecule has 4 heteroatoms. The highest BCUT2D eigenvalue weighted by Gasteiger charge is 2.14. The third kappa shape index (κ3) is 2.58. The summed E-state index contributed by atoms with van der Waals surface area (Å²) in [6.45, 7) is 3.77. The highest BCUT2D eigenvalue weighted by Crippen LogP contribution is 2.34. The molecule has 1 aliphatic heterocycles. The van der Waals surface area contributed by atoms with Gasteiger partial charge in [-0.2, -0.15) is 0 Å². The van der Waals surface area contributed by atoms with Crippen molar-refractivity contribution in [1.82, 2.24) is 5.32 Å². The molecule has 1 aromatic carbocycles. The van der Waals surface area contributed by atoms with Gasteiger partial charge in [-0.05, 0) is 24.6 Å². The van der Waals surface area contributed by atoms with Gasteiger partial charge in [-0.1, -0.05) is 13.0 Å². The SMILES string of the molecule is CCC=C(NC(C)=O)c1ccc2c(c1)OCO2. The molecule has 4 nitrogen and oxygen atoms in total. The number of carbonyl (C=O) groups is 1. The van der Waals surface area contributed by atoms with E-state index in [-0.39, 0.29) is 12.7 Å². The molecule has 0 fully saturated rings. The van der Waals surface area contributed by atoms with Crippen molar-refractivity contribution in [2.75, 3.05) is 6.79 Å². The van der Waals surface area contributed by atoms with Crippen LogP contribution in [0.4, 0.5) is 0 Å². The lowest BCUT2D eigenvalue weighted by atomic mass is 10.1. The van der Waals surface area contributed by atoms with E-state index in [4.69, 9.17) is 9.47 Å². The van der Waals surface area contributed by atoms with E-state index in [1.807, 2.05) is 31.2 Å². The van der Waals surface area contributed by atoms with Crippen LogP contribution in [0.2, 0.25) is 0 Å². The van der Waals surface area contributed by atoms with Crippen LogP contribution in [0.1, 0.15) is 25.8 Å². The number of nitrogens with one attached hydrogen (secondary N) is 1. The topological polar surface area (TPSA) is 47.6 Å². The summed E-state index contributed by atoms with van der Waals surface area (Å²) in [5, 5.41) is 2.81. The maximum atomic E-state index is 11.1. The number of ether oxygens (including phenoxy) is 2. The van der Waals surface area contributed by atoms with Crippen LogP contribution in [0.25, 0.3) is 5.70 Å². The zero-order valence-corrected chi connectivity index (χ0v) is 9.95. The van der Waals surface area contributed by atoms with Crippen molar-refractivity contribution in [3.63, 3.8) is 0 Å². The maximum absolute atomic E-state index is 11.1. The molecule has 0 aliphatic carbocycles. The summed E-state index contributed by atoms with van der Waals surface area (Å²) in [7, 11) is 0. The van der Waals surface area contributed by atoms with E-state index in [0.29, 0.717) is 0 Å². The molecule has 1 heterocycles. The summed E-state index contributed by atoms with van der Waals surface area (Å²) in [5.74, 6) is 1.38. The molecule has 0 atom stereocenters. The van der Waals surface area contributed by atoms with Crippen LogP contribution < -0.4 is 14.8 Å². The summed E-state index contributed by atoms with van der Waals surface area (Å²) < 4.78 is 10.6. The number of amides is 1. The average Bonchev–Trinajstić information content (AvgIpc) is 2.74. The molecule has 0 spiro atoms. The maximum Gasteiger partial charge on any atom is 0.231 e. The van der Waals surface area contributed by atoms with Gasteiger partial charge in [0.15, 0.2) is 11.5 Å². The summed E-state index contributed by atoms with van der Waals surface area (Å²) in [5.41, 5.74) is 1.73. The first-order valence-electron chi connectivity index (χ1n) is 5.58. The third-order valence-electron chi connectivity index (χ3n) is 2.40. The van der Waals surface area contributed by atoms with E-state index in [1.54, 1.807) is 0 Å².